The Morgan fingerprint density at radius 2 is 2.30 bits per heavy atom. The van der Waals surface area contributed by atoms with Crippen molar-refractivity contribution in [2.75, 3.05) is 6.54 Å². The molecule has 0 bridgehead atoms. The van der Waals surface area contributed by atoms with E-state index in [2.05, 4.69) is 31.0 Å². The van der Waals surface area contributed by atoms with Gasteiger partial charge in [0.1, 0.15) is 12.0 Å². The average molecular weight is 305 g/mol. The average Bonchev–Trinajstić information content (AvgIpc) is 3.24. The molecule has 1 unspecified atom stereocenters. The summed E-state index contributed by atoms with van der Waals surface area (Å²) < 4.78 is 1.85. The second-order valence-corrected chi connectivity index (χ2v) is 5.19. The van der Waals surface area contributed by atoms with E-state index in [1.807, 2.05) is 23.1 Å². The highest BCUT2D eigenvalue weighted by atomic mass is 15.3. The van der Waals surface area contributed by atoms with E-state index in [9.17, 15) is 0 Å². The maximum atomic E-state index is 8.80. The number of nitrogens with one attached hydrogen (secondary N) is 1. The Hall–Kier alpha value is -3.19. The molecular weight excluding hydrogens is 290 g/mol. The molecule has 3 aromatic rings. The zero-order valence-electron chi connectivity index (χ0n) is 12.5. The molecule has 7 heteroatoms. The van der Waals surface area contributed by atoms with Gasteiger partial charge in [0.05, 0.1) is 24.0 Å². The molecule has 0 aromatic carbocycles. The molecule has 114 valence electrons. The van der Waals surface area contributed by atoms with Crippen LogP contribution < -0.4 is 0 Å². The number of hydrogen-bond acceptors (Lipinski definition) is 4. The molecule has 0 aliphatic heterocycles. The van der Waals surface area contributed by atoms with Crippen LogP contribution in [-0.2, 0) is 0 Å². The maximum Gasteiger partial charge on any atom is 0.216 e. The highest BCUT2D eigenvalue weighted by Gasteiger charge is 2.16. The zero-order chi connectivity index (χ0) is 16.1. The van der Waals surface area contributed by atoms with Gasteiger partial charge in [-0.05, 0) is 12.5 Å². The quantitative estimate of drug-likeness (QED) is 0.709. The summed E-state index contributed by atoms with van der Waals surface area (Å²) in [5.74, 6) is 0. The van der Waals surface area contributed by atoms with Crippen LogP contribution >= 0.6 is 0 Å². The fourth-order valence-corrected chi connectivity index (χ4v) is 2.62. The molecule has 3 aromatic heterocycles. The maximum absolute atomic E-state index is 8.80. The molecule has 0 fully saturated rings. The molecule has 0 saturated heterocycles. The van der Waals surface area contributed by atoms with Crippen molar-refractivity contribution in [3.8, 4) is 17.3 Å². The number of nitrogens with zero attached hydrogens (tertiary/aromatic N) is 6. The first kappa shape index (κ1) is 14.7. The normalized spacial score (nSPS) is 11.9. The first-order valence-corrected chi connectivity index (χ1v) is 7.36. The summed E-state index contributed by atoms with van der Waals surface area (Å²) in [5.41, 5.74) is 2.52. The molecule has 23 heavy (non-hydrogen) atoms. The second kappa shape index (κ2) is 6.71. The van der Waals surface area contributed by atoms with Crippen LogP contribution in [0.4, 0.5) is 0 Å². The van der Waals surface area contributed by atoms with Crippen molar-refractivity contribution in [3.05, 3.63) is 42.4 Å². The second-order valence-electron chi connectivity index (χ2n) is 5.19. The molecule has 0 saturated carbocycles. The third-order valence-corrected chi connectivity index (χ3v) is 3.77. The van der Waals surface area contributed by atoms with Crippen LogP contribution in [0.2, 0.25) is 0 Å². The lowest BCUT2D eigenvalue weighted by Gasteiger charge is -2.13. The van der Waals surface area contributed by atoms with Crippen LogP contribution in [0.25, 0.3) is 27.1 Å². The molecular formula is C16H15N7. The summed E-state index contributed by atoms with van der Waals surface area (Å²) in [6.07, 6.45) is 8.89. The predicted octanol–water partition coefficient (Wildman–Crippen LogP) is 2.98. The third-order valence-electron chi connectivity index (χ3n) is 3.77. The van der Waals surface area contributed by atoms with Crippen molar-refractivity contribution in [1.29, 1.82) is 5.26 Å². The highest BCUT2D eigenvalue weighted by Crippen LogP contribution is 2.26. The van der Waals surface area contributed by atoms with Crippen LogP contribution in [0, 0.1) is 17.9 Å². The van der Waals surface area contributed by atoms with Gasteiger partial charge in [-0.15, -0.1) is 0 Å². The Morgan fingerprint density at radius 1 is 1.39 bits per heavy atom. The van der Waals surface area contributed by atoms with Gasteiger partial charge < -0.3 is 9.83 Å². The lowest BCUT2D eigenvalue weighted by atomic mass is 10.1. The van der Waals surface area contributed by atoms with Crippen LogP contribution in [0.5, 0.6) is 0 Å². The molecule has 7 nitrogen and oxygen atoms in total. The highest BCUT2D eigenvalue weighted by molar-refractivity contribution is 5.89. The van der Waals surface area contributed by atoms with Gasteiger partial charge in [0.2, 0.25) is 6.54 Å². The van der Waals surface area contributed by atoms with Crippen molar-refractivity contribution in [2.24, 2.45) is 0 Å². The van der Waals surface area contributed by atoms with E-state index in [4.69, 9.17) is 11.8 Å². The van der Waals surface area contributed by atoms with Crippen molar-refractivity contribution in [1.82, 2.24) is 24.7 Å². The molecule has 0 aliphatic carbocycles. The summed E-state index contributed by atoms with van der Waals surface area (Å²) in [5, 5.41) is 14.2. The Balaban J connectivity index is 1.91. The molecule has 0 radical (unpaired) electrons. The monoisotopic (exact) mass is 305 g/mol. The summed E-state index contributed by atoms with van der Waals surface area (Å²) in [6.45, 7) is 7.39. The molecule has 1 N–H and O–H groups in total. The predicted molar refractivity (Wildman–Crippen MR) is 85.1 cm³/mol. The summed E-state index contributed by atoms with van der Waals surface area (Å²) in [7, 11) is 0. The first-order chi connectivity index (χ1) is 11.3. The Labute approximate surface area is 133 Å². The lowest BCUT2D eigenvalue weighted by molar-refractivity contribution is 0.414. The molecule has 0 aliphatic rings. The van der Waals surface area contributed by atoms with E-state index < -0.39 is 0 Å². The minimum Gasteiger partial charge on any atom is -0.346 e. The van der Waals surface area contributed by atoms with Gasteiger partial charge in [0.15, 0.2) is 0 Å². The number of hydrogen-bond donors (Lipinski definition) is 1. The Kier molecular flexibility index (Phi) is 4.30. The van der Waals surface area contributed by atoms with Crippen LogP contribution in [0.3, 0.4) is 0 Å². The van der Waals surface area contributed by atoms with Crippen molar-refractivity contribution < 1.29 is 0 Å². The number of fused-ring (bicyclic) bond motifs is 1. The van der Waals surface area contributed by atoms with Gasteiger partial charge >= 0.3 is 0 Å². The van der Waals surface area contributed by atoms with E-state index >= 15 is 0 Å². The van der Waals surface area contributed by atoms with Crippen molar-refractivity contribution in [2.45, 2.75) is 25.3 Å². The van der Waals surface area contributed by atoms with Gasteiger partial charge in [-0.25, -0.2) is 16.5 Å². The van der Waals surface area contributed by atoms with E-state index in [1.165, 1.54) is 6.33 Å². The zero-order valence-corrected chi connectivity index (χ0v) is 12.5. The SMILES string of the molecule is [C-]#[N+]CCC(CCC#N)n1cc(-c2ncnc3[nH]ccc23)cn1. The van der Waals surface area contributed by atoms with Crippen LogP contribution in [0.15, 0.2) is 31.0 Å². The van der Waals surface area contributed by atoms with E-state index in [-0.39, 0.29) is 6.04 Å². The van der Waals surface area contributed by atoms with Gasteiger partial charge in [0.25, 0.3) is 0 Å². The molecule has 0 spiro atoms. The molecule has 3 rings (SSSR count). The smallest absolute Gasteiger partial charge is 0.216 e. The van der Waals surface area contributed by atoms with Gasteiger partial charge in [0, 0.05) is 36.2 Å². The van der Waals surface area contributed by atoms with Gasteiger partial charge in [-0.1, -0.05) is 0 Å². The van der Waals surface area contributed by atoms with E-state index in [1.54, 1.807) is 6.20 Å². The summed E-state index contributed by atoms with van der Waals surface area (Å²) in [6, 6.07) is 4.16. The molecule has 0 amide bonds. The Morgan fingerprint density at radius 3 is 3.13 bits per heavy atom. The first-order valence-electron chi connectivity index (χ1n) is 7.36. The van der Waals surface area contributed by atoms with Crippen LogP contribution in [0.1, 0.15) is 25.3 Å². The van der Waals surface area contributed by atoms with Gasteiger partial charge in [-0.2, -0.15) is 10.4 Å². The minimum atomic E-state index is 0.0565. The number of rotatable bonds is 6. The summed E-state index contributed by atoms with van der Waals surface area (Å²) in [4.78, 5) is 15.0. The minimum absolute atomic E-state index is 0.0565. The largest absolute Gasteiger partial charge is 0.346 e. The fraction of sp³-hybridized carbons (Fsp3) is 0.312. The number of aromatic amines is 1. The Bertz CT molecular complexity index is 860. The lowest BCUT2D eigenvalue weighted by Crippen LogP contribution is -2.10. The van der Waals surface area contributed by atoms with Crippen molar-refractivity contribution >= 4 is 11.0 Å². The van der Waals surface area contributed by atoms with Crippen LogP contribution in [-0.4, -0.2) is 31.3 Å². The van der Waals surface area contributed by atoms with E-state index in [0.29, 0.717) is 25.8 Å². The number of H-pyrrole nitrogens is 1. The fourth-order valence-electron chi connectivity index (χ4n) is 2.62. The topological polar surface area (TPSA) is 87.5 Å². The van der Waals surface area contributed by atoms with Crippen molar-refractivity contribution in [3.63, 3.8) is 0 Å². The number of aromatic nitrogens is 5. The molecule has 1 atom stereocenters. The van der Waals surface area contributed by atoms with E-state index in [0.717, 1.165) is 22.3 Å². The third kappa shape index (κ3) is 3.04. The standard InChI is InChI=1S/C16H15N7/c1-18-7-4-13(3-2-6-17)23-10-12(9-22-23)15-14-5-8-19-16(14)21-11-20-15/h5,8-11,13H,2-4,7H2,(H,19,20,21). The number of nitriles is 1. The molecule has 3 heterocycles. The summed E-state index contributed by atoms with van der Waals surface area (Å²) >= 11 is 0. The van der Waals surface area contributed by atoms with Gasteiger partial charge in [-0.3, -0.25) is 4.68 Å².